The number of nitrogens with one attached hydrogen (secondary N) is 2. The lowest BCUT2D eigenvalue weighted by atomic mass is 9.82. The minimum absolute atomic E-state index is 0.00226. The van der Waals surface area contributed by atoms with Crippen LogP contribution in [0.2, 0.25) is 0 Å². The number of hydrogen-bond donors (Lipinski definition) is 2. The van der Waals surface area contributed by atoms with Crippen molar-refractivity contribution in [1.29, 1.82) is 0 Å². The zero-order valence-corrected chi connectivity index (χ0v) is 12.6. The van der Waals surface area contributed by atoms with Gasteiger partial charge in [-0.3, -0.25) is 4.79 Å². The highest BCUT2D eigenvalue weighted by molar-refractivity contribution is 5.95. The van der Waals surface area contributed by atoms with Crippen LogP contribution >= 0.6 is 0 Å². The van der Waals surface area contributed by atoms with E-state index in [0.717, 1.165) is 29.6 Å². The van der Waals surface area contributed by atoms with Gasteiger partial charge in [-0.05, 0) is 49.8 Å². The molecular formula is C17H26N2O. The number of carbonyl (C=O) groups is 1. The van der Waals surface area contributed by atoms with Crippen LogP contribution < -0.4 is 10.6 Å². The molecule has 1 saturated carbocycles. The van der Waals surface area contributed by atoms with Gasteiger partial charge in [0, 0.05) is 24.3 Å². The fourth-order valence-corrected chi connectivity index (χ4v) is 3.04. The Labute approximate surface area is 122 Å². The summed E-state index contributed by atoms with van der Waals surface area (Å²) in [5.74, 6) is 1.63. The maximum absolute atomic E-state index is 11.8. The van der Waals surface area contributed by atoms with E-state index in [1.807, 2.05) is 31.2 Å². The van der Waals surface area contributed by atoms with Crippen LogP contribution in [-0.2, 0) is 0 Å². The summed E-state index contributed by atoms with van der Waals surface area (Å²) in [5, 5.41) is 6.33. The zero-order chi connectivity index (χ0) is 14.4. The summed E-state index contributed by atoms with van der Waals surface area (Å²) in [6.45, 7) is 5.96. The van der Waals surface area contributed by atoms with Crippen LogP contribution in [0.15, 0.2) is 24.3 Å². The largest absolute Gasteiger partial charge is 0.385 e. The Hall–Kier alpha value is -1.51. The highest BCUT2D eigenvalue weighted by Crippen LogP contribution is 2.28. The molecule has 0 heterocycles. The van der Waals surface area contributed by atoms with E-state index in [1.54, 1.807) is 0 Å². The molecule has 0 spiro atoms. The SMILES string of the molecule is CCNC(=O)c1cccc(NCC2CCCC(C)C2)c1. The third-order valence-electron chi connectivity index (χ3n) is 4.10. The average Bonchev–Trinajstić information content (AvgIpc) is 2.46. The molecule has 2 atom stereocenters. The Morgan fingerprint density at radius 1 is 1.35 bits per heavy atom. The third-order valence-corrected chi connectivity index (χ3v) is 4.10. The first kappa shape index (κ1) is 14.9. The Bertz CT molecular complexity index is 444. The number of amides is 1. The standard InChI is InChI=1S/C17H26N2O/c1-3-18-17(20)15-8-5-9-16(11-15)19-12-14-7-4-6-13(2)10-14/h5,8-9,11,13-14,19H,3-4,6-7,10,12H2,1-2H3,(H,18,20). The van der Waals surface area contributed by atoms with E-state index >= 15 is 0 Å². The minimum Gasteiger partial charge on any atom is -0.385 e. The van der Waals surface area contributed by atoms with E-state index in [-0.39, 0.29) is 5.91 Å². The first-order chi connectivity index (χ1) is 9.69. The van der Waals surface area contributed by atoms with Crippen molar-refractivity contribution in [2.45, 2.75) is 39.5 Å². The molecule has 0 radical (unpaired) electrons. The molecule has 0 aliphatic heterocycles. The highest BCUT2D eigenvalue weighted by atomic mass is 16.1. The summed E-state index contributed by atoms with van der Waals surface area (Å²) in [5.41, 5.74) is 1.78. The molecule has 1 amide bonds. The first-order valence-electron chi connectivity index (χ1n) is 7.81. The van der Waals surface area contributed by atoms with Crippen LogP contribution in [0.5, 0.6) is 0 Å². The number of anilines is 1. The Kier molecular flexibility index (Phi) is 5.45. The molecule has 2 rings (SSSR count). The molecule has 3 nitrogen and oxygen atoms in total. The van der Waals surface area contributed by atoms with Gasteiger partial charge in [-0.15, -0.1) is 0 Å². The summed E-state index contributed by atoms with van der Waals surface area (Å²) in [6, 6.07) is 7.78. The van der Waals surface area contributed by atoms with Crippen molar-refractivity contribution in [3.63, 3.8) is 0 Å². The maximum atomic E-state index is 11.8. The normalized spacial score (nSPS) is 22.3. The minimum atomic E-state index is 0.00226. The molecule has 1 aliphatic rings. The van der Waals surface area contributed by atoms with E-state index in [9.17, 15) is 4.79 Å². The van der Waals surface area contributed by atoms with Crippen molar-refractivity contribution in [1.82, 2.24) is 5.32 Å². The second kappa shape index (κ2) is 7.32. The number of carbonyl (C=O) groups excluding carboxylic acids is 1. The second-order valence-electron chi connectivity index (χ2n) is 5.96. The van der Waals surface area contributed by atoms with Gasteiger partial charge in [0.1, 0.15) is 0 Å². The van der Waals surface area contributed by atoms with Crippen LogP contribution in [0.3, 0.4) is 0 Å². The highest BCUT2D eigenvalue weighted by Gasteiger charge is 2.18. The van der Waals surface area contributed by atoms with E-state index in [4.69, 9.17) is 0 Å². The van der Waals surface area contributed by atoms with E-state index < -0.39 is 0 Å². The summed E-state index contributed by atoms with van der Waals surface area (Å²) < 4.78 is 0. The number of benzene rings is 1. The van der Waals surface area contributed by atoms with Crippen molar-refractivity contribution in [3.8, 4) is 0 Å². The van der Waals surface area contributed by atoms with Gasteiger partial charge >= 0.3 is 0 Å². The molecule has 1 fully saturated rings. The molecule has 1 aliphatic carbocycles. The third kappa shape index (κ3) is 4.26. The van der Waals surface area contributed by atoms with Gasteiger partial charge in [-0.25, -0.2) is 0 Å². The van der Waals surface area contributed by atoms with Gasteiger partial charge in [0.05, 0.1) is 0 Å². The lowest BCUT2D eigenvalue weighted by Gasteiger charge is -2.27. The first-order valence-corrected chi connectivity index (χ1v) is 7.81. The van der Waals surface area contributed by atoms with Gasteiger partial charge in [0.2, 0.25) is 0 Å². The van der Waals surface area contributed by atoms with Crippen molar-refractivity contribution in [3.05, 3.63) is 29.8 Å². The number of hydrogen-bond acceptors (Lipinski definition) is 2. The molecule has 3 heteroatoms. The van der Waals surface area contributed by atoms with Gasteiger partial charge in [-0.2, -0.15) is 0 Å². The lowest BCUT2D eigenvalue weighted by molar-refractivity contribution is 0.0956. The topological polar surface area (TPSA) is 41.1 Å². The molecule has 20 heavy (non-hydrogen) atoms. The Morgan fingerprint density at radius 3 is 2.95 bits per heavy atom. The summed E-state index contributed by atoms with van der Waals surface area (Å²) >= 11 is 0. The summed E-state index contributed by atoms with van der Waals surface area (Å²) in [6.07, 6.45) is 5.38. The van der Waals surface area contributed by atoms with Crippen molar-refractivity contribution in [2.24, 2.45) is 11.8 Å². The Balaban J connectivity index is 1.89. The van der Waals surface area contributed by atoms with Gasteiger partial charge < -0.3 is 10.6 Å². The second-order valence-corrected chi connectivity index (χ2v) is 5.96. The van der Waals surface area contributed by atoms with Crippen LogP contribution in [0.1, 0.15) is 49.9 Å². The maximum Gasteiger partial charge on any atom is 0.251 e. The molecule has 2 N–H and O–H groups in total. The van der Waals surface area contributed by atoms with Crippen LogP contribution in [0.4, 0.5) is 5.69 Å². The van der Waals surface area contributed by atoms with E-state index in [1.165, 1.54) is 25.7 Å². The molecule has 2 unspecified atom stereocenters. The summed E-state index contributed by atoms with van der Waals surface area (Å²) in [7, 11) is 0. The molecule has 0 aromatic heterocycles. The van der Waals surface area contributed by atoms with E-state index in [2.05, 4.69) is 17.6 Å². The van der Waals surface area contributed by atoms with Crippen molar-refractivity contribution >= 4 is 11.6 Å². The quantitative estimate of drug-likeness (QED) is 0.860. The molecule has 110 valence electrons. The van der Waals surface area contributed by atoms with Crippen molar-refractivity contribution < 1.29 is 4.79 Å². The van der Waals surface area contributed by atoms with E-state index in [0.29, 0.717) is 6.54 Å². The molecule has 0 saturated heterocycles. The Morgan fingerprint density at radius 2 is 2.20 bits per heavy atom. The fourth-order valence-electron chi connectivity index (χ4n) is 3.04. The lowest BCUT2D eigenvalue weighted by Crippen LogP contribution is -2.23. The van der Waals surface area contributed by atoms with Crippen LogP contribution in [0, 0.1) is 11.8 Å². The smallest absolute Gasteiger partial charge is 0.251 e. The van der Waals surface area contributed by atoms with Crippen molar-refractivity contribution in [2.75, 3.05) is 18.4 Å². The number of rotatable bonds is 5. The average molecular weight is 274 g/mol. The monoisotopic (exact) mass is 274 g/mol. The molecular weight excluding hydrogens is 248 g/mol. The van der Waals surface area contributed by atoms with Gasteiger partial charge in [0.25, 0.3) is 5.91 Å². The van der Waals surface area contributed by atoms with Crippen LogP contribution in [0.25, 0.3) is 0 Å². The predicted molar refractivity (Wildman–Crippen MR) is 84.1 cm³/mol. The van der Waals surface area contributed by atoms with Crippen LogP contribution in [-0.4, -0.2) is 19.0 Å². The predicted octanol–water partition coefficient (Wildman–Crippen LogP) is 3.67. The molecule has 1 aromatic carbocycles. The summed E-state index contributed by atoms with van der Waals surface area (Å²) in [4.78, 5) is 11.8. The zero-order valence-electron chi connectivity index (χ0n) is 12.6. The molecule has 0 bridgehead atoms. The fraction of sp³-hybridized carbons (Fsp3) is 0.588. The van der Waals surface area contributed by atoms with Gasteiger partial charge in [-0.1, -0.05) is 25.8 Å². The molecule has 1 aromatic rings. The van der Waals surface area contributed by atoms with Gasteiger partial charge in [0.15, 0.2) is 0 Å².